The van der Waals surface area contributed by atoms with Gasteiger partial charge < -0.3 is 18.9 Å². The molecule has 0 N–H and O–H groups in total. The Kier molecular flexibility index (Phi) is 8.93. The molecule has 272 valence electrons. The molecule has 5 aromatic rings. The summed E-state index contributed by atoms with van der Waals surface area (Å²) in [7, 11) is 0. The molecule has 5 aromatic carbocycles. The van der Waals surface area contributed by atoms with Gasteiger partial charge >= 0.3 is 11.9 Å². The third-order valence-corrected chi connectivity index (χ3v) is 9.29. The van der Waals surface area contributed by atoms with Gasteiger partial charge in [0.1, 0.15) is 23.7 Å². The van der Waals surface area contributed by atoms with Crippen molar-refractivity contribution in [3.63, 3.8) is 0 Å². The third-order valence-electron chi connectivity index (χ3n) is 9.29. The number of piperidine rings is 1. The third kappa shape index (κ3) is 8.84. The van der Waals surface area contributed by atoms with Crippen molar-refractivity contribution in [3.05, 3.63) is 173 Å². The molecule has 0 radical (unpaired) electrons. The first-order chi connectivity index (χ1) is 27.9. The van der Waals surface area contributed by atoms with Crippen LogP contribution in [0.1, 0.15) is 52.1 Å². The van der Waals surface area contributed by atoms with E-state index in [0.717, 1.165) is 0 Å². The highest BCUT2D eigenvalue weighted by molar-refractivity contribution is 5.91. The quantitative estimate of drug-likeness (QED) is 0.0603. The summed E-state index contributed by atoms with van der Waals surface area (Å²) in [5.74, 6) is -7.61. The zero-order chi connectivity index (χ0) is 42.6. The van der Waals surface area contributed by atoms with Crippen molar-refractivity contribution in [2.45, 2.75) is 25.0 Å². The molecule has 6 rings (SSSR count). The Morgan fingerprint density at radius 3 is 2.06 bits per heavy atom. The first kappa shape index (κ1) is 29.8. The predicted molar refractivity (Wildman–Crippen MR) is 193 cm³/mol. The van der Waals surface area contributed by atoms with Gasteiger partial charge in [-0.25, -0.2) is 22.8 Å². The summed E-state index contributed by atoms with van der Waals surface area (Å²) >= 11 is 0. The highest BCUT2D eigenvalue weighted by atomic mass is 19.2. The van der Waals surface area contributed by atoms with E-state index in [1.54, 1.807) is 84.9 Å². The summed E-state index contributed by atoms with van der Waals surface area (Å²) in [6, 6.07) is 31.1. The van der Waals surface area contributed by atoms with Crippen LogP contribution >= 0.6 is 0 Å². The minimum atomic E-state index is -3.23. The number of nitrogens with zero attached hydrogens (tertiary/aromatic N) is 2. The van der Waals surface area contributed by atoms with Gasteiger partial charge in [0.2, 0.25) is 5.91 Å². The van der Waals surface area contributed by atoms with Gasteiger partial charge in [0.25, 0.3) is 0 Å². The summed E-state index contributed by atoms with van der Waals surface area (Å²) in [6.45, 7) is -8.36. The van der Waals surface area contributed by atoms with Crippen molar-refractivity contribution >= 4 is 17.8 Å². The van der Waals surface area contributed by atoms with Crippen LogP contribution in [0.15, 0.2) is 127 Å². The monoisotopic (exact) mass is 727 g/mol. The number of amides is 1. The summed E-state index contributed by atoms with van der Waals surface area (Å²) in [6.07, 6.45) is -0.967. The molecular weight excluding hydrogens is 681 g/mol. The Bertz CT molecular complexity index is 2280. The molecule has 1 saturated heterocycles. The largest absolute Gasteiger partial charge is 0.450 e. The minimum absolute atomic E-state index is 0.0224. The smallest absolute Gasteiger partial charge is 0.343 e. The van der Waals surface area contributed by atoms with Gasteiger partial charge in [-0.2, -0.15) is 0 Å². The second kappa shape index (κ2) is 15.9. The lowest BCUT2D eigenvalue weighted by Gasteiger charge is -2.49. The molecule has 1 aliphatic rings. The van der Waals surface area contributed by atoms with E-state index in [2.05, 4.69) is 0 Å². The van der Waals surface area contributed by atoms with Crippen LogP contribution < -0.4 is 4.74 Å². The molecule has 0 unspecified atom stereocenters. The summed E-state index contributed by atoms with van der Waals surface area (Å²) in [4.78, 5) is 42.5. The van der Waals surface area contributed by atoms with Crippen LogP contribution in [0.5, 0.6) is 5.75 Å². The van der Waals surface area contributed by atoms with Crippen LogP contribution in [0.3, 0.4) is 0 Å². The number of ether oxygens (including phenoxy) is 2. The van der Waals surface area contributed by atoms with Crippen molar-refractivity contribution < 1.29 is 49.7 Å². The van der Waals surface area contributed by atoms with E-state index in [0.29, 0.717) is 17.7 Å². The molecular formula is C43H40F3N2O5+. The summed E-state index contributed by atoms with van der Waals surface area (Å²) in [5, 5.41) is 0. The molecule has 2 atom stereocenters. The summed E-state index contributed by atoms with van der Waals surface area (Å²) in [5.41, 5.74) is -1.39. The second-order valence-corrected chi connectivity index (χ2v) is 13.0. The molecule has 0 aliphatic carbocycles. The standard InChI is InChI=1S/C43H40F3N2O5/c1-48(2,28-30-13-6-3-7-14-30)29-35-27-47(40(49)24-33-23-38(45)39(46)26-37(33)44)22-21-43(35,53-42(51)32-17-10-5-11-18-32)34-19-12-20-36(25-34)52-41(50)31-15-8-4-9-16-31/h3-20,23,25-26,35H,21-22,24,27-29H2,1-2H3/q+1/t35-,43+/m0/s1/i1D3,2D3. The number of likely N-dealkylation sites (tertiary alicyclic amines) is 1. The lowest BCUT2D eigenvalue weighted by Crippen LogP contribution is -2.59. The molecule has 0 aromatic heterocycles. The van der Waals surface area contributed by atoms with E-state index in [1.165, 1.54) is 35.2 Å². The van der Waals surface area contributed by atoms with E-state index in [-0.39, 0.29) is 35.4 Å². The fraction of sp³-hybridized carbons (Fsp3) is 0.233. The number of carbonyl (C=O) groups excluding carboxylic acids is 3. The minimum Gasteiger partial charge on any atom is -0.450 e. The van der Waals surface area contributed by atoms with Crippen molar-refractivity contribution in [1.29, 1.82) is 0 Å². The first-order valence-electron chi connectivity index (χ1n) is 19.9. The number of benzene rings is 5. The molecule has 1 heterocycles. The van der Waals surface area contributed by atoms with E-state index >= 15 is 0 Å². The van der Waals surface area contributed by atoms with Crippen LogP contribution in [0.25, 0.3) is 0 Å². The Morgan fingerprint density at radius 2 is 1.40 bits per heavy atom. The fourth-order valence-corrected chi connectivity index (χ4v) is 6.69. The van der Waals surface area contributed by atoms with Crippen molar-refractivity contribution in [2.75, 3.05) is 33.6 Å². The number of quaternary nitrogens is 1. The molecule has 0 spiro atoms. The Morgan fingerprint density at radius 1 is 0.774 bits per heavy atom. The Hall–Kier alpha value is -5.74. The van der Waals surface area contributed by atoms with Crippen LogP contribution in [0, 0.1) is 23.4 Å². The number of carbonyl (C=O) groups is 3. The molecule has 53 heavy (non-hydrogen) atoms. The van der Waals surface area contributed by atoms with Gasteiger partial charge in [-0.05, 0) is 48.0 Å². The number of rotatable bonds is 11. The van der Waals surface area contributed by atoms with E-state index in [4.69, 9.17) is 17.7 Å². The van der Waals surface area contributed by atoms with Crippen molar-refractivity contribution in [3.8, 4) is 5.75 Å². The van der Waals surface area contributed by atoms with Gasteiger partial charge in [0.05, 0.1) is 52.2 Å². The molecule has 0 saturated carbocycles. The average molecular weight is 728 g/mol. The lowest BCUT2D eigenvalue weighted by molar-refractivity contribution is -0.908. The first-order valence-corrected chi connectivity index (χ1v) is 16.9. The maximum absolute atomic E-state index is 14.8. The van der Waals surface area contributed by atoms with Crippen LogP contribution in [0.4, 0.5) is 13.2 Å². The molecule has 1 amide bonds. The van der Waals surface area contributed by atoms with Crippen LogP contribution in [0.2, 0.25) is 0 Å². The zero-order valence-corrected chi connectivity index (χ0v) is 28.5. The van der Waals surface area contributed by atoms with Crippen molar-refractivity contribution in [1.82, 2.24) is 4.90 Å². The molecule has 7 nitrogen and oxygen atoms in total. The Labute approximate surface area is 315 Å². The van der Waals surface area contributed by atoms with Gasteiger partial charge in [0.15, 0.2) is 11.6 Å². The topological polar surface area (TPSA) is 72.9 Å². The van der Waals surface area contributed by atoms with Crippen molar-refractivity contribution in [2.24, 2.45) is 5.92 Å². The van der Waals surface area contributed by atoms with E-state index in [1.807, 2.05) is 0 Å². The highest BCUT2D eigenvalue weighted by Gasteiger charge is 2.51. The number of halogens is 3. The van der Waals surface area contributed by atoms with Crippen LogP contribution in [-0.2, 0) is 28.1 Å². The number of esters is 2. The molecule has 0 bridgehead atoms. The Balaban J connectivity index is 1.51. The number of hydrogen-bond acceptors (Lipinski definition) is 5. The second-order valence-electron chi connectivity index (χ2n) is 13.0. The zero-order valence-electron chi connectivity index (χ0n) is 34.5. The molecule has 10 heteroatoms. The van der Waals surface area contributed by atoms with Gasteiger partial charge in [-0.15, -0.1) is 0 Å². The predicted octanol–water partition coefficient (Wildman–Crippen LogP) is 7.74. The highest BCUT2D eigenvalue weighted by Crippen LogP contribution is 2.44. The molecule has 1 fully saturated rings. The maximum atomic E-state index is 14.8. The maximum Gasteiger partial charge on any atom is 0.343 e. The number of hydrogen-bond donors (Lipinski definition) is 0. The average Bonchev–Trinajstić information content (AvgIpc) is 3.20. The molecule has 1 aliphatic heterocycles. The van der Waals surface area contributed by atoms with Gasteiger partial charge in [-0.3, -0.25) is 4.79 Å². The van der Waals surface area contributed by atoms with Gasteiger partial charge in [-0.1, -0.05) is 78.9 Å². The fourth-order valence-electron chi connectivity index (χ4n) is 6.69. The SMILES string of the molecule is [2H]C([2H])([2H])[N+](Cc1ccccc1)(C[C@@H]1CN(C(=O)Cc2cc(F)c(F)cc2F)CC[C@@]1(OC(=O)c1ccccc1)c1cccc(OC(=O)c2ccccc2)c1)C([2H])([2H])[2H]. The van der Waals surface area contributed by atoms with Crippen LogP contribution in [-0.4, -0.2) is 60.8 Å². The van der Waals surface area contributed by atoms with Gasteiger partial charge in [0, 0.05) is 36.7 Å². The van der Waals surface area contributed by atoms with E-state index in [9.17, 15) is 27.6 Å². The van der Waals surface area contributed by atoms with E-state index < -0.39 is 96.9 Å². The normalized spacial score (nSPS) is 19.4. The lowest BCUT2D eigenvalue weighted by atomic mass is 9.74. The summed E-state index contributed by atoms with van der Waals surface area (Å²) < 4.78 is 106.